The van der Waals surface area contributed by atoms with Gasteiger partial charge in [0.25, 0.3) is 5.56 Å². The van der Waals surface area contributed by atoms with E-state index in [2.05, 4.69) is 0 Å². The van der Waals surface area contributed by atoms with Gasteiger partial charge in [0.1, 0.15) is 17.9 Å². The molecule has 3 heterocycles. The Labute approximate surface area is 154 Å². The summed E-state index contributed by atoms with van der Waals surface area (Å²) in [4.78, 5) is 27.1. The van der Waals surface area contributed by atoms with Crippen molar-refractivity contribution in [3.8, 4) is 11.1 Å². The van der Waals surface area contributed by atoms with Crippen molar-refractivity contribution in [3.63, 3.8) is 0 Å². The number of hydrogen-bond acceptors (Lipinski definition) is 2. The lowest BCUT2D eigenvalue weighted by atomic mass is 10.1. The Bertz CT molecular complexity index is 1050. The second-order valence-electron chi connectivity index (χ2n) is 6.43. The number of carbonyl (C=O) groups excluding carboxylic acids is 1. The van der Waals surface area contributed by atoms with Gasteiger partial charge in [0.15, 0.2) is 0 Å². The molecule has 5 nitrogen and oxygen atoms in total. The van der Waals surface area contributed by atoms with E-state index in [0.29, 0.717) is 16.6 Å². The molecule has 0 aliphatic carbocycles. The minimum absolute atomic E-state index is 0.00215. The second-order valence-corrected chi connectivity index (χ2v) is 6.84. The highest BCUT2D eigenvalue weighted by Crippen LogP contribution is 2.27. The van der Waals surface area contributed by atoms with E-state index in [0.717, 1.165) is 25.9 Å². The van der Waals surface area contributed by atoms with E-state index in [1.807, 2.05) is 0 Å². The minimum atomic E-state index is -0.507. The number of likely N-dealkylation sites (tertiary alicyclic amines) is 1. The van der Waals surface area contributed by atoms with E-state index in [1.165, 1.54) is 16.7 Å². The first-order valence-electron chi connectivity index (χ1n) is 8.48. The predicted octanol–water partition coefficient (Wildman–Crippen LogP) is 3.18. The van der Waals surface area contributed by atoms with Crippen LogP contribution in [0.15, 0.2) is 47.7 Å². The second kappa shape index (κ2) is 6.61. The van der Waals surface area contributed by atoms with Gasteiger partial charge in [0.05, 0.1) is 5.02 Å². The maximum absolute atomic E-state index is 13.4. The molecule has 3 aromatic rings. The standard InChI is InChI=1S/C19H17ClFN3O2/c20-15-11-13(3-4-16(15)21)14-5-8-23-9-10-24(19(26)18(14)23)12-17(25)22-6-1-2-7-22/h3-5,8-11H,1-2,6-7,12H2. The number of fused-ring (bicyclic) bond motifs is 1. The van der Waals surface area contributed by atoms with Crippen LogP contribution >= 0.6 is 11.6 Å². The van der Waals surface area contributed by atoms with Crippen LogP contribution in [0, 0.1) is 5.82 Å². The first kappa shape index (κ1) is 16.8. The van der Waals surface area contributed by atoms with Crippen LogP contribution in [0.2, 0.25) is 5.02 Å². The molecule has 134 valence electrons. The van der Waals surface area contributed by atoms with Crippen LogP contribution in [0.5, 0.6) is 0 Å². The lowest BCUT2D eigenvalue weighted by molar-refractivity contribution is -0.130. The summed E-state index contributed by atoms with van der Waals surface area (Å²) >= 11 is 5.88. The highest BCUT2D eigenvalue weighted by Gasteiger charge is 2.19. The molecule has 0 spiro atoms. The van der Waals surface area contributed by atoms with Gasteiger partial charge < -0.3 is 13.9 Å². The van der Waals surface area contributed by atoms with Gasteiger partial charge in [0.2, 0.25) is 5.91 Å². The maximum Gasteiger partial charge on any atom is 0.275 e. The molecule has 1 fully saturated rings. The van der Waals surface area contributed by atoms with Crippen molar-refractivity contribution in [3.05, 3.63) is 64.0 Å². The molecule has 2 aromatic heterocycles. The Balaban J connectivity index is 1.75. The molecule has 1 amide bonds. The van der Waals surface area contributed by atoms with E-state index >= 15 is 0 Å². The SMILES string of the molecule is O=C(Cn1ccn2ccc(-c3ccc(F)c(Cl)c3)c2c1=O)N1CCCC1. The Morgan fingerprint density at radius 1 is 1.12 bits per heavy atom. The summed E-state index contributed by atoms with van der Waals surface area (Å²) in [5, 5.41) is 0.00215. The number of carbonyl (C=O) groups is 1. The van der Waals surface area contributed by atoms with Crippen LogP contribution in [-0.2, 0) is 11.3 Å². The van der Waals surface area contributed by atoms with Gasteiger partial charge in [-0.3, -0.25) is 9.59 Å². The van der Waals surface area contributed by atoms with Crippen molar-refractivity contribution < 1.29 is 9.18 Å². The van der Waals surface area contributed by atoms with Crippen molar-refractivity contribution in [1.82, 2.24) is 13.9 Å². The van der Waals surface area contributed by atoms with Gasteiger partial charge in [-0.15, -0.1) is 0 Å². The van der Waals surface area contributed by atoms with E-state index in [9.17, 15) is 14.0 Å². The Morgan fingerprint density at radius 2 is 1.88 bits per heavy atom. The normalized spacial score (nSPS) is 14.3. The molecule has 0 N–H and O–H groups in total. The summed E-state index contributed by atoms with van der Waals surface area (Å²) < 4.78 is 16.6. The van der Waals surface area contributed by atoms with Crippen molar-refractivity contribution in [1.29, 1.82) is 0 Å². The summed E-state index contributed by atoms with van der Waals surface area (Å²) in [6.45, 7) is 1.52. The molecule has 1 aliphatic rings. The molecule has 0 saturated carbocycles. The molecule has 0 bridgehead atoms. The molecule has 26 heavy (non-hydrogen) atoms. The molecule has 1 aromatic carbocycles. The molecule has 1 saturated heterocycles. The lowest BCUT2D eigenvalue weighted by Crippen LogP contribution is -2.34. The minimum Gasteiger partial charge on any atom is -0.341 e. The van der Waals surface area contributed by atoms with E-state index < -0.39 is 5.82 Å². The van der Waals surface area contributed by atoms with Crippen LogP contribution in [0.3, 0.4) is 0 Å². The molecule has 0 radical (unpaired) electrons. The predicted molar refractivity (Wildman–Crippen MR) is 97.9 cm³/mol. The van der Waals surface area contributed by atoms with E-state index in [-0.39, 0.29) is 23.0 Å². The van der Waals surface area contributed by atoms with Crippen LogP contribution in [0.1, 0.15) is 12.8 Å². The third-order valence-electron chi connectivity index (χ3n) is 4.78. The lowest BCUT2D eigenvalue weighted by Gasteiger charge is -2.16. The fraction of sp³-hybridized carbons (Fsp3) is 0.263. The topological polar surface area (TPSA) is 46.7 Å². The zero-order chi connectivity index (χ0) is 18.3. The third-order valence-corrected chi connectivity index (χ3v) is 5.07. The van der Waals surface area contributed by atoms with Crippen LogP contribution in [0.4, 0.5) is 4.39 Å². The molecule has 1 aliphatic heterocycles. The van der Waals surface area contributed by atoms with Crippen LogP contribution in [0.25, 0.3) is 16.6 Å². The van der Waals surface area contributed by atoms with Gasteiger partial charge in [-0.25, -0.2) is 4.39 Å². The Kier molecular flexibility index (Phi) is 4.28. The van der Waals surface area contributed by atoms with Crippen molar-refractivity contribution in [2.75, 3.05) is 13.1 Å². The fourth-order valence-corrected chi connectivity index (χ4v) is 3.57. The number of rotatable bonds is 3. The molecule has 4 rings (SSSR count). The number of aromatic nitrogens is 2. The largest absolute Gasteiger partial charge is 0.341 e. The van der Waals surface area contributed by atoms with Gasteiger partial charge in [-0.05, 0) is 36.6 Å². The number of amides is 1. The Hall–Kier alpha value is -2.60. The highest BCUT2D eigenvalue weighted by atomic mass is 35.5. The van der Waals surface area contributed by atoms with E-state index in [4.69, 9.17) is 11.6 Å². The Morgan fingerprint density at radius 3 is 2.62 bits per heavy atom. The first-order valence-corrected chi connectivity index (χ1v) is 8.86. The summed E-state index contributed by atoms with van der Waals surface area (Å²) in [5.74, 6) is -0.556. The number of benzene rings is 1. The zero-order valence-corrected chi connectivity index (χ0v) is 14.7. The smallest absolute Gasteiger partial charge is 0.275 e. The third kappa shape index (κ3) is 2.90. The maximum atomic E-state index is 13.4. The fourth-order valence-electron chi connectivity index (χ4n) is 3.39. The van der Waals surface area contributed by atoms with Gasteiger partial charge >= 0.3 is 0 Å². The van der Waals surface area contributed by atoms with Crippen molar-refractivity contribution in [2.45, 2.75) is 19.4 Å². The zero-order valence-electron chi connectivity index (χ0n) is 14.0. The van der Waals surface area contributed by atoms with Gasteiger partial charge in [-0.2, -0.15) is 0 Å². The monoisotopic (exact) mass is 373 g/mol. The molecular weight excluding hydrogens is 357 g/mol. The first-order chi connectivity index (χ1) is 12.5. The molecular formula is C19H17ClFN3O2. The van der Waals surface area contributed by atoms with Gasteiger partial charge in [-0.1, -0.05) is 17.7 Å². The average molecular weight is 374 g/mol. The quantitative estimate of drug-likeness (QED) is 0.708. The molecule has 0 unspecified atom stereocenters. The summed E-state index contributed by atoms with van der Waals surface area (Å²) in [6, 6.07) is 6.15. The summed E-state index contributed by atoms with van der Waals surface area (Å²) in [7, 11) is 0. The van der Waals surface area contributed by atoms with Crippen molar-refractivity contribution >= 4 is 23.0 Å². The van der Waals surface area contributed by atoms with Gasteiger partial charge in [0, 0.05) is 37.2 Å². The summed E-state index contributed by atoms with van der Waals surface area (Å²) in [5.41, 5.74) is 1.48. The van der Waals surface area contributed by atoms with Crippen molar-refractivity contribution in [2.24, 2.45) is 0 Å². The number of nitrogens with zero attached hydrogens (tertiary/aromatic N) is 3. The van der Waals surface area contributed by atoms with Crippen LogP contribution in [-0.4, -0.2) is 32.9 Å². The molecule has 7 heteroatoms. The molecule has 0 atom stereocenters. The number of halogens is 2. The van der Waals surface area contributed by atoms with E-state index in [1.54, 1.807) is 40.0 Å². The number of hydrogen-bond donors (Lipinski definition) is 0. The highest BCUT2D eigenvalue weighted by molar-refractivity contribution is 6.31. The summed E-state index contributed by atoms with van der Waals surface area (Å²) in [6.07, 6.45) is 7.13. The average Bonchev–Trinajstić information content (AvgIpc) is 3.29. The van der Waals surface area contributed by atoms with Crippen LogP contribution < -0.4 is 5.56 Å².